The third-order valence-electron chi connectivity index (χ3n) is 2.25. The van der Waals surface area contributed by atoms with Crippen LogP contribution in [0, 0.1) is 5.41 Å². The predicted molar refractivity (Wildman–Crippen MR) is 76.0 cm³/mol. The summed E-state index contributed by atoms with van der Waals surface area (Å²) in [6.07, 6.45) is -0.00348. The molecule has 1 aromatic rings. The summed E-state index contributed by atoms with van der Waals surface area (Å²) in [6.45, 7) is 3.83. The molecule has 1 aromatic carbocycles. The molecule has 0 radical (unpaired) electrons. The lowest BCUT2D eigenvalue weighted by atomic mass is 10.2. The second-order valence-electron chi connectivity index (χ2n) is 4.33. The van der Waals surface area contributed by atoms with Crippen molar-refractivity contribution in [3.05, 3.63) is 29.8 Å². The Labute approximate surface area is 113 Å². The molecule has 0 heterocycles. The highest BCUT2D eigenvalue weighted by atomic mass is 32.2. The number of rotatable bonds is 7. The van der Waals surface area contributed by atoms with Crippen LogP contribution in [0.25, 0.3) is 0 Å². The number of nitrogens with one attached hydrogen (secondary N) is 2. The molecule has 0 fully saturated rings. The van der Waals surface area contributed by atoms with Gasteiger partial charge >= 0.3 is 0 Å². The number of amidine groups is 1. The molecule has 0 aliphatic rings. The van der Waals surface area contributed by atoms with E-state index in [0.717, 1.165) is 0 Å². The van der Waals surface area contributed by atoms with Crippen molar-refractivity contribution >= 4 is 21.5 Å². The van der Waals surface area contributed by atoms with E-state index in [1.807, 2.05) is 13.8 Å². The van der Waals surface area contributed by atoms with Crippen molar-refractivity contribution < 1.29 is 13.2 Å². The highest BCUT2D eigenvalue weighted by Crippen LogP contribution is 2.12. The molecule has 0 atom stereocenters. The van der Waals surface area contributed by atoms with Crippen LogP contribution in [0.5, 0.6) is 0 Å². The van der Waals surface area contributed by atoms with E-state index < -0.39 is 10.0 Å². The van der Waals surface area contributed by atoms with Crippen LogP contribution in [0.2, 0.25) is 0 Å². The molecule has 4 N–H and O–H groups in total. The van der Waals surface area contributed by atoms with E-state index in [9.17, 15) is 8.42 Å². The van der Waals surface area contributed by atoms with Crippen LogP contribution in [0.3, 0.4) is 0 Å². The molecule has 0 aliphatic carbocycles. The van der Waals surface area contributed by atoms with Gasteiger partial charge in [-0.25, -0.2) is 8.42 Å². The molecule has 0 amide bonds. The number of nitrogens with two attached hydrogens (primary N) is 1. The smallest absolute Gasteiger partial charge is 0.235 e. The van der Waals surface area contributed by atoms with Gasteiger partial charge in [0.2, 0.25) is 10.0 Å². The third kappa shape index (κ3) is 5.71. The van der Waals surface area contributed by atoms with Crippen molar-refractivity contribution in [1.82, 2.24) is 0 Å². The van der Waals surface area contributed by atoms with Gasteiger partial charge in [0.25, 0.3) is 0 Å². The minimum atomic E-state index is -3.46. The van der Waals surface area contributed by atoms with Gasteiger partial charge in [-0.1, -0.05) is 12.1 Å². The van der Waals surface area contributed by atoms with Crippen molar-refractivity contribution in [3.8, 4) is 0 Å². The quantitative estimate of drug-likeness (QED) is 0.516. The topological polar surface area (TPSA) is 105 Å². The highest BCUT2D eigenvalue weighted by molar-refractivity contribution is 7.92. The first-order valence-electron chi connectivity index (χ1n) is 5.87. The molecule has 0 saturated carbocycles. The normalized spacial score (nSPS) is 11.5. The number of hydrogen-bond donors (Lipinski definition) is 3. The van der Waals surface area contributed by atoms with E-state index in [1.54, 1.807) is 18.2 Å². The summed E-state index contributed by atoms with van der Waals surface area (Å²) in [5, 5.41) is 7.30. The molecule has 6 nitrogen and oxygen atoms in total. The SMILES string of the molecule is CC(C)OCCS(=O)(=O)Nc1cccc(C(=N)N)c1. The summed E-state index contributed by atoms with van der Waals surface area (Å²) < 4.78 is 31.2. The summed E-state index contributed by atoms with van der Waals surface area (Å²) in [7, 11) is -3.46. The molecule has 1 rings (SSSR count). The molecule has 0 saturated heterocycles. The second kappa shape index (κ2) is 6.53. The van der Waals surface area contributed by atoms with Gasteiger partial charge in [0.15, 0.2) is 0 Å². The lowest BCUT2D eigenvalue weighted by molar-refractivity contribution is 0.0913. The largest absolute Gasteiger partial charge is 0.384 e. The van der Waals surface area contributed by atoms with E-state index in [0.29, 0.717) is 11.3 Å². The molecule has 19 heavy (non-hydrogen) atoms. The Morgan fingerprint density at radius 2 is 2.16 bits per heavy atom. The zero-order valence-electron chi connectivity index (χ0n) is 11.0. The Morgan fingerprint density at radius 1 is 1.47 bits per heavy atom. The van der Waals surface area contributed by atoms with Crippen LogP contribution in [0.1, 0.15) is 19.4 Å². The lowest BCUT2D eigenvalue weighted by Crippen LogP contribution is -2.22. The van der Waals surface area contributed by atoms with Crippen LogP contribution in [0.15, 0.2) is 24.3 Å². The van der Waals surface area contributed by atoms with Gasteiger partial charge in [0.05, 0.1) is 18.5 Å². The minimum absolute atomic E-state index is 0.00348. The highest BCUT2D eigenvalue weighted by Gasteiger charge is 2.11. The van der Waals surface area contributed by atoms with Gasteiger partial charge in [0.1, 0.15) is 5.84 Å². The first kappa shape index (κ1) is 15.5. The van der Waals surface area contributed by atoms with Crippen molar-refractivity contribution in [2.24, 2.45) is 5.73 Å². The molecule has 0 aromatic heterocycles. The molecule has 0 spiro atoms. The molecule has 7 heteroatoms. The van der Waals surface area contributed by atoms with Gasteiger partial charge in [-0.05, 0) is 26.0 Å². The van der Waals surface area contributed by atoms with Gasteiger partial charge in [0, 0.05) is 11.3 Å². The Balaban J connectivity index is 2.67. The van der Waals surface area contributed by atoms with Gasteiger partial charge < -0.3 is 10.5 Å². The van der Waals surface area contributed by atoms with E-state index in [4.69, 9.17) is 15.9 Å². The van der Waals surface area contributed by atoms with Gasteiger partial charge in [-0.3, -0.25) is 10.1 Å². The maximum absolute atomic E-state index is 11.8. The first-order valence-corrected chi connectivity index (χ1v) is 7.52. The second-order valence-corrected chi connectivity index (χ2v) is 6.18. The Hall–Kier alpha value is -1.60. The van der Waals surface area contributed by atoms with Crippen molar-refractivity contribution in [1.29, 1.82) is 5.41 Å². The molecular weight excluding hydrogens is 266 g/mol. The fourth-order valence-corrected chi connectivity index (χ4v) is 2.28. The average molecular weight is 285 g/mol. The number of anilines is 1. The van der Waals surface area contributed by atoms with Gasteiger partial charge in [-0.15, -0.1) is 0 Å². The average Bonchev–Trinajstić information content (AvgIpc) is 2.27. The standard InChI is InChI=1S/C12H19N3O3S/c1-9(2)18-6-7-19(16,17)15-11-5-3-4-10(8-11)12(13)14/h3-5,8-9,15H,6-7H2,1-2H3,(H3,13,14). The maximum atomic E-state index is 11.8. The summed E-state index contributed by atoms with van der Waals surface area (Å²) in [6, 6.07) is 6.40. The molecule has 0 bridgehead atoms. The fourth-order valence-electron chi connectivity index (χ4n) is 1.37. The fraction of sp³-hybridized carbons (Fsp3) is 0.417. The van der Waals surface area contributed by atoms with E-state index in [-0.39, 0.29) is 24.3 Å². The molecule has 106 valence electrons. The van der Waals surface area contributed by atoms with Crippen LogP contribution < -0.4 is 10.5 Å². The maximum Gasteiger partial charge on any atom is 0.235 e. The van der Waals surface area contributed by atoms with Crippen LogP contribution >= 0.6 is 0 Å². The lowest BCUT2D eigenvalue weighted by Gasteiger charge is -2.10. The van der Waals surface area contributed by atoms with E-state index in [1.165, 1.54) is 6.07 Å². The van der Waals surface area contributed by atoms with E-state index in [2.05, 4.69) is 4.72 Å². The predicted octanol–water partition coefficient (Wildman–Crippen LogP) is 1.14. The van der Waals surface area contributed by atoms with Crippen molar-refractivity contribution in [2.45, 2.75) is 20.0 Å². The van der Waals surface area contributed by atoms with Crippen LogP contribution in [0.4, 0.5) is 5.69 Å². The number of ether oxygens (including phenoxy) is 1. The number of sulfonamides is 1. The zero-order chi connectivity index (χ0) is 14.5. The zero-order valence-corrected chi connectivity index (χ0v) is 11.8. The van der Waals surface area contributed by atoms with Crippen molar-refractivity contribution in [3.63, 3.8) is 0 Å². The van der Waals surface area contributed by atoms with Crippen LogP contribution in [-0.4, -0.2) is 32.7 Å². The number of benzene rings is 1. The summed E-state index contributed by atoms with van der Waals surface area (Å²) >= 11 is 0. The summed E-state index contributed by atoms with van der Waals surface area (Å²) in [5.41, 5.74) is 6.20. The summed E-state index contributed by atoms with van der Waals surface area (Å²) in [5.74, 6) is -0.223. The monoisotopic (exact) mass is 285 g/mol. The molecule has 0 unspecified atom stereocenters. The number of nitrogen functional groups attached to an aromatic ring is 1. The Morgan fingerprint density at radius 3 is 2.74 bits per heavy atom. The number of hydrogen-bond acceptors (Lipinski definition) is 4. The molecular formula is C12H19N3O3S. The first-order chi connectivity index (χ1) is 8.80. The third-order valence-corrected chi connectivity index (χ3v) is 3.50. The van der Waals surface area contributed by atoms with Crippen LogP contribution in [-0.2, 0) is 14.8 Å². The van der Waals surface area contributed by atoms with Gasteiger partial charge in [-0.2, -0.15) is 0 Å². The molecule has 0 aliphatic heterocycles. The van der Waals surface area contributed by atoms with Crippen molar-refractivity contribution in [2.75, 3.05) is 17.1 Å². The summed E-state index contributed by atoms with van der Waals surface area (Å²) in [4.78, 5) is 0. The Kier molecular flexibility index (Phi) is 5.31. The minimum Gasteiger partial charge on any atom is -0.384 e. The van der Waals surface area contributed by atoms with E-state index >= 15 is 0 Å². The Bertz CT molecular complexity index is 541.